The molecule has 1 N–H and O–H groups in total. The van der Waals surface area contributed by atoms with Crippen LogP contribution in [0.5, 0.6) is 5.75 Å². The van der Waals surface area contributed by atoms with Crippen LogP contribution in [0.3, 0.4) is 0 Å². The van der Waals surface area contributed by atoms with Crippen molar-refractivity contribution in [2.45, 2.75) is 0 Å². The number of thiazole rings is 1. The number of ether oxygens (including phenoxy) is 1. The van der Waals surface area contributed by atoms with Crippen LogP contribution in [0.25, 0.3) is 10.2 Å². The van der Waals surface area contributed by atoms with Gasteiger partial charge in [-0.3, -0.25) is 0 Å². The van der Waals surface area contributed by atoms with Gasteiger partial charge in [0.05, 0.1) is 23.0 Å². The SMILES string of the molecule is COc1ccc(F)c(Nc2nc3ccc(F)cc3s2)c1. The Kier molecular flexibility index (Phi) is 3.23. The van der Waals surface area contributed by atoms with Gasteiger partial charge in [0, 0.05) is 6.07 Å². The third kappa shape index (κ3) is 2.42. The van der Waals surface area contributed by atoms with Crippen molar-refractivity contribution in [3.63, 3.8) is 0 Å². The van der Waals surface area contributed by atoms with Crippen LogP contribution in [0, 0.1) is 11.6 Å². The Morgan fingerprint density at radius 3 is 2.80 bits per heavy atom. The fourth-order valence-corrected chi connectivity index (χ4v) is 2.70. The second-order valence-electron chi connectivity index (χ2n) is 4.10. The van der Waals surface area contributed by atoms with Gasteiger partial charge >= 0.3 is 0 Å². The quantitative estimate of drug-likeness (QED) is 0.780. The lowest BCUT2D eigenvalue weighted by molar-refractivity contribution is 0.414. The summed E-state index contributed by atoms with van der Waals surface area (Å²) in [5.41, 5.74) is 0.936. The number of fused-ring (bicyclic) bond motifs is 1. The monoisotopic (exact) mass is 292 g/mol. The molecule has 0 fully saturated rings. The predicted octanol–water partition coefficient (Wildman–Crippen LogP) is 4.33. The predicted molar refractivity (Wildman–Crippen MR) is 75.8 cm³/mol. The van der Waals surface area contributed by atoms with Crippen LogP contribution < -0.4 is 10.1 Å². The minimum atomic E-state index is -0.406. The van der Waals surface area contributed by atoms with E-state index >= 15 is 0 Å². The molecule has 0 amide bonds. The molecule has 0 spiro atoms. The van der Waals surface area contributed by atoms with Crippen LogP contribution >= 0.6 is 11.3 Å². The first kappa shape index (κ1) is 12.8. The summed E-state index contributed by atoms with van der Waals surface area (Å²) in [6, 6.07) is 8.73. The number of benzene rings is 2. The molecule has 3 nitrogen and oxygen atoms in total. The van der Waals surface area contributed by atoms with E-state index < -0.39 is 5.82 Å². The lowest BCUT2D eigenvalue weighted by Crippen LogP contribution is -1.94. The molecule has 0 aliphatic heterocycles. The Balaban J connectivity index is 1.96. The Labute approximate surface area is 117 Å². The van der Waals surface area contributed by atoms with Crippen molar-refractivity contribution < 1.29 is 13.5 Å². The van der Waals surface area contributed by atoms with E-state index in [0.29, 0.717) is 21.1 Å². The summed E-state index contributed by atoms with van der Waals surface area (Å²) in [6.07, 6.45) is 0. The third-order valence-corrected chi connectivity index (χ3v) is 3.70. The highest BCUT2D eigenvalue weighted by atomic mass is 32.1. The van der Waals surface area contributed by atoms with E-state index in [1.54, 1.807) is 12.1 Å². The Bertz CT molecular complexity index is 773. The van der Waals surface area contributed by atoms with Gasteiger partial charge < -0.3 is 10.1 Å². The maximum Gasteiger partial charge on any atom is 0.188 e. The minimum absolute atomic E-state index is 0.267. The number of hydrogen-bond donors (Lipinski definition) is 1. The van der Waals surface area contributed by atoms with Crippen molar-refractivity contribution in [2.24, 2.45) is 0 Å². The Morgan fingerprint density at radius 2 is 2.00 bits per heavy atom. The zero-order valence-electron chi connectivity index (χ0n) is 10.5. The molecule has 102 valence electrons. The molecule has 2 aromatic carbocycles. The molecular weight excluding hydrogens is 282 g/mol. The second kappa shape index (κ2) is 5.05. The summed E-state index contributed by atoms with van der Waals surface area (Å²) < 4.78 is 32.6. The van der Waals surface area contributed by atoms with Gasteiger partial charge in [0.15, 0.2) is 5.13 Å². The Morgan fingerprint density at radius 1 is 1.15 bits per heavy atom. The average Bonchev–Trinajstić information content (AvgIpc) is 2.82. The van der Waals surface area contributed by atoms with Crippen LogP contribution in [0.15, 0.2) is 36.4 Å². The molecule has 0 aliphatic rings. The topological polar surface area (TPSA) is 34.1 Å². The van der Waals surface area contributed by atoms with E-state index in [0.717, 1.165) is 0 Å². The van der Waals surface area contributed by atoms with E-state index in [9.17, 15) is 8.78 Å². The summed E-state index contributed by atoms with van der Waals surface area (Å²) in [5, 5.41) is 3.38. The molecule has 3 aromatic rings. The van der Waals surface area contributed by atoms with Crippen molar-refractivity contribution in [2.75, 3.05) is 12.4 Å². The Hall–Kier alpha value is -2.21. The van der Waals surface area contributed by atoms with Crippen LogP contribution in [-0.4, -0.2) is 12.1 Å². The molecule has 0 radical (unpaired) electrons. The number of halogens is 2. The molecule has 6 heteroatoms. The average molecular weight is 292 g/mol. The lowest BCUT2D eigenvalue weighted by atomic mass is 10.3. The van der Waals surface area contributed by atoms with Gasteiger partial charge in [-0.25, -0.2) is 13.8 Å². The fourth-order valence-electron chi connectivity index (χ4n) is 1.79. The largest absolute Gasteiger partial charge is 0.497 e. The van der Waals surface area contributed by atoms with Gasteiger partial charge in [0.2, 0.25) is 0 Å². The second-order valence-corrected chi connectivity index (χ2v) is 5.13. The summed E-state index contributed by atoms with van der Waals surface area (Å²) in [5.74, 6) is -0.183. The molecule has 1 heterocycles. The van der Waals surface area contributed by atoms with Crippen LogP contribution in [0.2, 0.25) is 0 Å². The molecule has 0 unspecified atom stereocenters. The van der Waals surface area contributed by atoms with Crippen molar-refractivity contribution in [1.29, 1.82) is 0 Å². The first-order valence-corrected chi connectivity index (χ1v) is 6.64. The number of nitrogens with zero attached hydrogens (tertiary/aromatic N) is 1. The first-order chi connectivity index (χ1) is 9.65. The number of hydrogen-bond acceptors (Lipinski definition) is 4. The van der Waals surface area contributed by atoms with E-state index in [-0.39, 0.29) is 11.5 Å². The maximum atomic E-state index is 13.7. The van der Waals surface area contributed by atoms with Crippen LogP contribution in [-0.2, 0) is 0 Å². The van der Waals surface area contributed by atoms with Gasteiger partial charge in [0.1, 0.15) is 17.4 Å². The van der Waals surface area contributed by atoms with E-state index in [4.69, 9.17) is 4.74 Å². The molecule has 0 atom stereocenters. The van der Waals surface area contributed by atoms with Gasteiger partial charge in [-0.2, -0.15) is 0 Å². The molecule has 20 heavy (non-hydrogen) atoms. The van der Waals surface area contributed by atoms with Crippen molar-refractivity contribution in [1.82, 2.24) is 4.98 Å². The van der Waals surface area contributed by atoms with Gasteiger partial charge in [0.25, 0.3) is 0 Å². The summed E-state index contributed by atoms with van der Waals surface area (Å²) in [4.78, 5) is 4.28. The lowest BCUT2D eigenvalue weighted by Gasteiger charge is -2.06. The van der Waals surface area contributed by atoms with Crippen molar-refractivity contribution in [3.8, 4) is 5.75 Å². The molecule has 0 saturated carbocycles. The van der Waals surface area contributed by atoms with Crippen molar-refractivity contribution in [3.05, 3.63) is 48.0 Å². The van der Waals surface area contributed by atoms with Gasteiger partial charge in [-0.15, -0.1) is 0 Å². The summed E-state index contributed by atoms with van der Waals surface area (Å²) in [7, 11) is 1.51. The highest BCUT2D eigenvalue weighted by Crippen LogP contribution is 2.30. The summed E-state index contributed by atoms with van der Waals surface area (Å²) in [6.45, 7) is 0. The normalized spacial score (nSPS) is 10.8. The number of nitrogens with one attached hydrogen (secondary N) is 1. The van der Waals surface area contributed by atoms with Crippen LogP contribution in [0.4, 0.5) is 19.6 Å². The van der Waals surface area contributed by atoms with E-state index in [2.05, 4.69) is 10.3 Å². The number of aromatic nitrogens is 1. The number of methoxy groups -OCH3 is 1. The smallest absolute Gasteiger partial charge is 0.188 e. The van der Waals surface area contributed by atoms with Gasteiger partial charge in [-0.05, 0) is 30.3 Å². The van der Waals surface area contributed by atoms with Gasteiger partial charge in [-0.1, -0.05) is 11.3 Å². The zero-order chi connectivity index (χ0) is 14.1. The number of anilines is 2. The molecular formula is C14H10F2N2OS. The first-order valence-electron chi connectivity index (χ1n) is 5.82. The molecule has 3 rings (SSSR count). The van der Waals surface area contributed by atoms with Crippen molar-refractivity contribution >= 4 is 32.4 Å². The molecule has 0 aliphatic carbocycles. The van der Waals surface area contributed by atoms with Crippen LogP contribution in [0.1, 0.15) is 0 Å². The zero-order valence-corrected chi connectivity index (χ0v) is 11.3. The minimum Gasteiger partial charge on any atom is -0.497 e. The standard InChI is InChI=1S/C14H10F2N2OS/c1-19-9-3-4-10(16)12(7-9)18-14-17-11-5-2-8(15)6-13(11)20-14/h2-7H,1H3,(H,17,18). The summed E-state index contributed by atoms with van der Waals surface area (Å²) >= 11 is 1.26. The molecule has 0 bridgehead atoms. The highest BCUT2D eigenvalue weighted by Gasteiger charge is 2.09. The fraction of sp³-hybridized carbons (Fsp3) is 0.0714. The third-order valence-electron chi connectivity index (χ3n) is 2.77. The maximum absolute atomic E-state index is 13.7. The van der Waals surface area contributed by atoms with E-state index in [1.807, 2.05) is 0 Å². The van der Waals surface area contributed by atoms with E-state index in [1.165, 1.54) is 42.7 Å². The molecule has 1 aromatic heterocycles. The highest BCUT2D eigenvalue weighted by molar-refractivity contribution is 7.22. The molecule has 0 saturated heterocycles. The number of rotatable bonds is 3.